The maximum Gasteiger partial charge on any atom is 0.0701 e. The van der Waals surface area contributed by atoms with Crippen molar-refractivity contribution < 1.29 is 26.3 Å². The minimum atomic E-state index is 0. The van der Waals surface area contributed by atoms with Gasteiger partial charge in [0.1, 0.15) is 0 Å². The monoisotopic (exact) mass is 147 g/mol. The average Bonchev–Trinajstić information content (AvgIpc) is 1.72. The Labute approximate surface area is 53.4 Å². The van der Waals surface area contributed by atoms with E-state index in [0.29, 0.717) is 0 Å². The molecule has 2 nitrogen and oxygen atoms in total. The van der Waals surface area contributed by atoms with Crippen molar-refractivity contribution in [3.8, 4) is 0 Å². The summed E-state index contributed by atoms with van der Waals surface area (Å²) in [6.45, 7) is 3.11. The van der Waals surface area contributed by atoms with Crippen LogP contribution in [0.5, 0.6) is 0 Å². The molecule has 0 unspecified atom stereocenters. The SMILES string of the molecule is C1COCCO1.[Co]. The molecule has 0 aromatic rings. The summed E-state index contributed by atoms with van der Waals surface area (Å²) in [5, 5.41) is 0. The minimum absolute atomic E-state index is 0. The van der Waals surface area contributed by atoms with Gasteiger partial charge in [0.2, 0.25) is 0 Å². The Morgan fingerprint density at radius 3 is 1.14 bits per heavy atom. The van der Waals surface area contributed by atoms with Gasteiger partial charge in [0.25, 0.3) is 0 Å². The van der Waals surface area contributed by atoms with Crippen LogP contribution in [0.15, 0.2) is 0 Å². The van der Waals surface area contributed by atoms with Gasteiger partial charge in [-0.25, -0.2) is 0 Å². The summed E-state index contributed by atoms with van der Waals surface area (Å²) in [5.74, 6) is 0. The molecule has 0 saturated carbocycles. The molecule has 1 aliphatic rings. The molecule has 1 rings (SSSR count). The Morgan fingerprint density at radius 1 is 0.714 bits per heavy atom. The average molecular weight is 147 g/mol. The fraction of sp³-hybridized carbons (Fsp3) is 1.00. The van der Waals surface area contributed by atoms with E-state index in [-0.39, 0.29) is 16.8 Å². The van der Waals surface area contributed by atoms with Crippen LogP contribution in [0.1, 0.15) is 0 Å². The zero-order valence-corrected chi connectivity index (χ0v) is 5.02. The van der Waals surface area contributed by atoms with Crippen LogP contribution in [0.2, 0.25) is 0 Å². The van der Waals surface area contributed by atoms with E-state index in [9.17, 15) is 0 Å². The second-order valence-electron chi connectivity index (χ2n) is 1.22. The first-order valence-electron chi connectivity index (χ1n) is 2.15. The van der Waals surface area contributed by atoms with E-state index >= 15 is 0 Å². The summed E-state index contributed by atoms with van der Waals surface area (Å²) in [7, 11) is 0. The van der Waals surface area contributed by atoms with Crippen LogP contribution in [0.4, 0.5) is 0 Å². The van der Waals surface area contributed by atoms with Crippen molar-refractivity contribution in [1.82, 2.24) is 0 Å². The summed E-state index contributed by atoms with van der Waals surface area (Å²) in [6, 6.07) is 0. The summed E-state index contributed by atoms with van der Waals surface area (Å²) >= 11 is 0. The summed E-state index contributed by atoms with van der Waals surface area (Å²) in [4.78, 5) is 0. The molecular weight excluding hydrogens is 139 g/mol. The molecule has 45 valence electrons. The molecule has 0 aromatic heterocycles. The van der Waals surface area contributed by atoms with Gasteiger partial charge in [-0.3, -0.25) is 0 Å². The van der Waals surface area contributed by atoms with Crippen LogP contribution in [0, 0.1) is 0 Å². The Hall–Kier alpha value is 0.426. The van der Waals surface area contributed by atoms with Crippen molar-refractivity contribution >= 4 is 0 Å². The van der Waals surface area contributed by atoms with Crippen molar-refractivity contribution in [1.29, 1.82) is 0 Å². The Morgan fingerprint density at radius 2 is 1.00 bits per heavy atom. The van der Waals surface area contributed by atoms with Crippen molar-refractivity contribution in [2.24, 2.45) is 0 Å². The van der Waals surface area contributed by atoms with Crippen LogP contribution in [-0.4, -0.2) is 26.4 Å². The van der Waals surface area contributed by atoms with Gasteiger partial charge in [0, 0.05) is 16.8 Å². The van der Waals surface area contributed by atoms with E-state index in [1.54, 1.807) is 0 Å². The summed E-state index contributed by atoms with van der Waals surface area (Å²) in [5.41, 5.74) is 0. The fourth-order valence-electron chi connectivity index (χ4n) is 0.440. The maximum atomic E-state index is 4.94. The standard InChI is InChI=1S/C4H8O2.Co/c1-2-6-4-3-5-1;/h1-4H2;. The molecule has 0 atom stereocenters. The van der Waals surface area contributed by atoms with Gasteiger partial charge in [-0.15, -0.1) is 0 Å². The molecule has 1 fully saturated rings. The minimum Gasteiger partial charge on any atom is -0.377 e. The molecule has 7 heavy (non-hydrogen) atoms. The quantitative estimate of drug-likeness (QED) is 0.481. The first-order valence-corrected chi connectivity index (χ1v) is 2.15. The van der Waals surface area contributed by atoms with Crippen LogP contribution in [0.3, 0.4) is 0 Å². The molecule has 1 radical (unpaired) electrons. The van der Waals surface area contributed by atoms with Crippen LogP contribution in [0.25, 0.3) is 0 Å². The van der Waals surface area contributed by atoms with E-state index in [0.717, 1.165) is 26.4 Å². The van der Waals surface area contributed by atoms with Gasteiger partial charge in [0.05, 0.1) is 26.4 Å². The zero-order valence-electron chi connectivity index (χ0n) is 3.98. The predicted molar refractivity (Wildman–Crippen MR) is 21.6 cm³/mol. The Balaban J connectivity index is 0.000000360. The first kappa shape index (κ1) is 7.43. The van der Waals surface area contributed by atoms with Gasteiger partial charge in [0.15, 0.2) is 0 Å². The number of rotatable bonds is 0. The van der Waals surface area contributed by atoms with Crippen molar-refractivity contribution in [2.75, 3.05) is 26.4 Å². The molecule has 0 bridgehead atoms. The van der Waals surface area contributed by atoms with E-state index < -0.39 is 0 Å². The van der Waals surface area contributed by atoms with Crippen molar-refractivity contribution in [2.45, 2.75) is 0 Å². The van der Waals surface area contributed by atoms with E-state index in [1.807, 2.05) is 0 Å². The second-order valence-corrected chi connectivity index (χ2v) is 1.22. The molecule has 1 heterocycles. The number of hydrogen-bond acceptors (Lipinski definition) is 2. The molecule has 3 heteroatoms. The van der Waals surface area contributed by atoms with Gasteiger partial charge in [-0.05, 0) is 0 Å². The predicted octanol–water partition coefficient (Wildman–Crippen LogP) is 0.0307. The molecular formula is C4H8CoO2. The largest absolute Gasteiger partial charge is 0.377 e. The molecule has 1 saturated heterocycles. The first-order chi connectivity index (χ1) is 3.00. The topological polar surface area (TPSA) is 18.5 Å². The van der Waals surface area contributed by atoms with E-state index in [4.69, 9.17) is 9.47 Å². The van der Waals surface area contributed by atoms with Gasteiger partial charge >= 0.3 is 0 Å². The second kappa shape index (κ2) is 4.58. The fourth-order valence-corrected chi connectivity index (χ4v) is 0.440. The van der Waals surface area contributed by atoms with Gasteiger partial charge in [-0.1, -0.05) is 0 Å². The molecule has 0 amide bonds. The normalized spacial score (nSPS) is 20.6. The molecule has 0 spiro atoms. The van der Waals surface area contributed by atoms with E-state index in [2.05, 4.69) is 0 Å². The molecule has 0 aromatic carbocycles. The maximum absolute atomic E-state index is 4.94. The summed E-state index contributed by atoms with van der Waals surface area (Å²) < 4.78 is 9.89. The summed E-state index contributed by atoms with van der Waals surface area (Å²) in [6.07, 6.45) is 0. The Bertz CT molecular complexity index is 25.2. The van der Waals surface area contributed by atoms with Crippen molar-refractivity contribution in [3.05, 3.63) is 0 Å². The number of ether oxygens (including phenoxy) is 2. The van der Waals surface area contributed by atoms with Crippen molar-refractivity contribution in [3.63, 3.8) is 0 Å². The van der Waals surface area contributed by atoms with Gasteiger partial charge in [-0.2, -0.15) is 0 Å². The zero-order chi connectivity index (χ0) is 4.24. The molecule has 1 aliphatic heterocycles. The third-order valence-corrected chi connectivity index (χ3v) is 0.744. The smallest absolute Gasteiger partial charge is 0.0701 e. The van der Waals surface area contributed by atoms with Crippen LogP contribution in [-0.2, 0) is 26.3 Å². The third kappa shape index (κ3) is 3.05. The molecule has 0 N–H and O–H groups in total. The van der Waals surface area contributed by atoms with E-state index in [1.165, 1.54) is 0 Å². The third-order valence-electron chi connectivity index (χ3n) is 0.744. The number of hydrogen-bond donors (Lipinski definition) is 0. The van der Waals surface area contributed by atoms with Crippen LogP contribution >= 0.6 is 0 Å². The van der Waals surface area contributed by atoms with Gasteiger partial charge < -0.3 is 9.47 Å². The Kier molecular flexibility index (Phi) is 4.86. The van der Waals surface area contributed by atoms with Crippen LogP contribution < -0.4 is 0 Å². The molecule has 0 aliphatic carbocycles.